The summed E-state index contributed by atoms with van der Waals surface area (Å²) in [7, 11) is 0. The van der Waals surface area contributed by atoms with E-state index in [1.165, 1.54) is 11.1 Å². The van der Waals surface area contributed by atoms with Gasteiger partial charge in [-0.1, -0.05) is 24.3 Å². The number of nitrogens with zero attached hydrogens (tertiary/aromatic N) is 2. The van der Waals surface area contributed by atoms with Gasteiger partial charge in [-0.25, -0.2) is 0 Å². The fourth-order valence-electron chi connectivity index (χ4n) is 2.58. The molecular weight excluding hydrogens is 350 g/mol. The summed E-state index contributed by atoms with van der Waals surface area (Å²) in [6.45, 7) is 4.78. The quantitative estimate of drug-likeness (QED) is 0.589. The van der Waals surface area contributed by atoms with Crippen LogP contribution in [0.3, 0.4) is 0 Å². The van der Waals surface area contributed by atoms with E-state index in [-0.39, 0.29) is 0 Å². The maximum Gasteiger partial charge on any atom is 0.199 e. The Morgan fingerprint density at radius 3 is 2.60 bits per heavy atom. The molecule has 0 atom stereocenters. The number of aromatic nitrogens is 3. The van der Waals surface area contributed by atoms with Crippen molar-refractivity contribution in [2.24, 2.45) is 0 Å². The highest BCUT2D eigenvalue weighted by atomic mass is 32.2. The first-order valence-corrected chi connectivity index (χ1v) is 9.77. The minimum atomic E-state index is 0.607. The van der Waals surface area contributed by atoms with Crippen molar-refractivity contribution in [2.45, 2.75) is 25.4 Å². The van der Waals surface area contributed by atoms with Gasteiger partial charge in [0.05, 0.1) is 12.4 Å². The van der Waals surface area contributed by atoms with E-state index in [0.717, 1.165) is 28.8 Å². The van der Waals surface area contributed by atoms with E-state index < -0.39 is 0 Å². The first-order chi connectivity index (χ1) is 12.2. The van der Waals surface area contributed by atoms with Crippen molar-refractivity contribution in [3.8, 4) is 11.4 Å². The SMILES string of the molecule is CCOc1ccc(-n2c(CSCc3ccccc3C)n[nH]c2=S)cc1. The molecule has 2 aromatic carbocycles. The maximum absolute atomic E-state index is 5.50. The van der Waals surface area contributed by atoms with Gasteiger partial charge in [0, 0.05) is 11.4 Å². The molecule has 0 saturated heterocycles. The van der Waals surface area contributed by atoms with Crippen molar-refractivity contribution >= 4 is 24.0 Å². The fraction of sp³-hybridized carbons (Fsp3) is 0.263. The molecule has 1 N–H and O–H groups in total. The Balaban J connectivity index is 1.73. The molecule has 3 rings (SSSR count). The predicted molar refractivity (Wildman–Crippen MR) is 106 cm³/mol. The lowest BCUT2D eigenvalue weighted by Gasteiger charge is -2.09. The van der Waals surface area contributed by atoms with Crippen LogP contribution in [-0.2, 0) is 11.5 Å². The molecule has 0 aliphatic carbocycles. The molecule has 0 radical (unpaired) electrons. The van der Waals surface area contributed by atoms with Crippen LogP contribution in [0.4, 0.5) is 0 Å². The van der Waals surface area contributed by atoms with E-state index in [4.69, 9.17) is 17.0 Å². The molecule has 0 aliphatic heterocycles. The van der Waals surface area contributed by atoms with Gasteiger partial charge in [-0.15, -0.1) is 11.8 Å². The van der Waals surface area contributed by atoms with Crippen molar-refractivity contribution in [3.05, 3.63) is 70.3 Å². The third kappa shape index (κ3) is 4.32. The van der Waals surface area contributed by atoms with Gasteiger partial charge in [0.1, 0.15) is 11.6 Å². The van der Waals surface area contributed by atoms with E-state index in [2.05, 4.69) is 41.4 Å². The zero-order chi connectivity index (χ0) is 17.6. The molecule has 1 heterocycles. The predicted octanol–water partition coefficient (Wildman–Crippen LogP) is 5.07. The Hall–Kier alpha value is -2.05. The standard InChI is InChI=1S/C19H21N3OS2/c1-3-23-17-10-8-16(9-11-17)22-18(20-21-19(22)24)13-25-12-15-7-5-4-6-14(15)2/h4-11H,3,12-13H2,1-2H3,(H,21,24). The van der Waals surface area contributed by atoms with Crippen LogP contribution < -0.4 is 4.74 Å². The first kappa shape index (κ1) is 17.8. The van der Waals surface area contributed by atoms with Crippen LogP contribution in [0.25, 0.3) is 5.69 Å². The Kier molecular flexibility index (Phi) is 5.94. The van der Waals surface area contributed by atoms with E-state index in [9.17, 15) is 0 Å². The second-order valence-electron chi connectivity index (χ2n) is 5.63. The molecule has 0 amide bonds. The monoisotopic (exact) mass is 371 g/mol. The number of aryl methyl sites for hydroxylation is 1. The van der Waals surface area contributed by atoms with Crippen LogP contribution >= 0.6 is 24.0 Å². The number of ether oxygens (including phenoxy) is 1. The molecule has 0 saturated carbocycles. The molecule has 0 fully saturated rings. The van der Waals surface area contributed by atoms with E-state index in [0.29, 0.717) is 11.4 Å². The average Bonchev–Trinajstić information content (AvgIpc) is 2.98. The number of H-pyrrole nitrogens is 1. The second-order valence-corrected chi connectivity index (χ2v) is 7.00. The Labute approximate surface area is 157 Å². The molecule has 0 unspecified atom stereocenters. The summed E-state index contributed by atoms with van der Waals surface area (Å²) in [4.78, 5) is 0. The highest BCUT2D eigenvalue weighted by Crippen LogP contribution is 2.22. The van der Waals surface area contributed by atoms with Crippen molar-refractivity contribution in [1.82, 2.24) is 14.8 Å². The lowest BCUT2D eigenvalue weighted by molar-refractivity contribution is 0.340. The number of rotatable bonds is 7. The minimum Gasteiger partial charge on any atom is -0.494 e. The highest BCUT2D eigenvalue weighted by Gasteiger charge is 2.09. The third-order valence-electron chi connectivity index (χ3n) is 3.90. The second kappa shape index (κ2) is 8.36. The summed E-state index contributed by atoms with van der Waals surface area (Å²) in [5, 5.41) is 7.30. The van der Waals surface area contributed by atoms with Gasteiger partial charge in [-0.2, -0.15) is 5.10 Å². The van der Waals surface area contributed by atoms with Crippen LogP contribution in [0.5, 0.6) is 5.75 Å². The van der Waals surface area contributed by atoms with Gasteiger partial charge >= 0.3 is 0 Å². The van der Waals surface area contributed by atoms with Crippen LogP contribution in [0.2, 0.25) is 0 Å². The number of aromatic amines is 1. The average molecular weight is 372 g/mol. The smallest absolute Gasteiger partial charge is 0.199 e. The number of thioether (sulfide) groups is 1. The molecule has 130 valence electrons. The molecule has 3 aromatic rings. The minimum absolute atomic E-state index is 0.607. The summed E-state index contributed by atoms with van der Waals surface area (Å²) in [6, 6.07) is 16.4. The van der Waals surface area contributed by atoms with Crippen LogP contribution in [0.1, 0.15) is 23.9 Å². The Morgan fingerprint density at radius 2 is 1.88 bits per heavy atom. The summed E-state index contributed by atoms with van der Waals surface area (Å²) < 4.78 is 8.09. The van der Waals surface area contributed by atoms with Crippen molar-refractivity contribution < 1.29 is 4.74 Å². The normalized spacial score (nSPS) is 10.8. The molecule has 1 aromatic heterocycles. The Bertz CT molecular complexity index is 884. The number of nitrogens with one attached hydrogen (secondary N) is 1. The van der Waals surface area contributed by atoms with Gasteiger partial charge in [-0.05, 0) is 61.5 Å². The zero-order valence-corrected chi connectivity index (χ0v) is 16.0. The summed E-state index contributed by atoms with van der Waals surface area (Å²) in [6.07, 6.45) is 0. The third-order valence-corrected chi connectivity index (χ3v) is 5.15. The number of hydrogen-bond acceptors (Lipinski definition) is 4. The Morgan fingerprint density at radius 1 is 1.12 bits per heavy atom. The van der Waals surface area contributed by atoms with Gasteiger partial charge in [0.15, 0.2) is 4.77 Å². The summed E-state index contributed by atoms with van der Waals surface area (Å²) in [5.74, 6) is 3.52. The number of benzene rings is 2. The van der Waals surface area contributed by atoms with Crippen LogP contribution in [0, 0.1) is 11.7 Å². The van der Waals surface area contributed by atoms with Crippen molar-refractivity contribution in [2.75, 3.05) is 6.61 Å². The fourth-order valence-corrected chi connectivity index (χ4v) is 3.85. The van der Waals surface area contributed by atoms with E-state index in [1.807, 2.05) is 47.5 Å². The van der Waals surface area contributed by atoms with Crippen molar-refractivity contribution in [3.63, 3.8) is 0 Å². The maximum atomic E-state index is 5.50. The topological polar surface area (TPSA) is 42.8 Å². The molecule has 4 nitrogen and oxygen atoms in total. The van der Waals surface area contributed by atoms with E-state index >= 15 is 0 Å². The van der Waals surface area contributed by atoms with Gasteiger partial charge in [0.2, 0.25) is 0 Å². The highest BCUT2D eigenvalue weighted by molar-refractivity contribution is 7.97. The van der Waals surface area contributed by atoms with Crippen LogP contribution in [-0.4, -0.2) is 21.4 Å². The molecule has 6 heteroatoms. The summed E-state index contributed by atoms with van der Waals surface area (Å²) in [5.41, 5.74) is 3.67. The van der Waals surface area contributed by atoms with Gasteiger partial charge < -0.3 is 4.74 Å². The number of hydrogen-bond donors (Lipinski definition) is 1. The lowest BCUT2D eigenvalue weighted by Crippen LogP contribution is -2.01. The van der Waals surface area contributed by atoms with Crippen LogP contribution in [0.15, 0.2) is 48.5 Å². The first-order valence-electron chi connectivity index (χ1n) is 8.21. The van der Waals surface area contributed by atoms with Gasteiger partial charge in [-0.3, -0.25) is 9.67 Å². The largest absolute Gasteiger partial charge is 0.494 e. The lowest BCUT2D eigenvalue weighted by atomic mass is 10.1. The summed E-state index contributed by atoms with van der Waals surface area (Å²) >= 11 is 7.24. The molecular formula is C19H21N3OS2. The molecule has 25 heavy (non-hydrogen) atoms. The molecule has 0 spiro atoms. The van der Waals surface area contributed by atoms with Crippen molar-refractivity contribution in [1.29, 1.82) is 0 Å². The zero-order valence-electron chi connectivity index (χ0n) is 14.4. The molecule has 0 bridgehead atoms. The van der Waals surface area contributed by atoms with E-state index in [1.54, 1.807) is 0 Å². The molecule has 0 aliphatic rings. The van der Waals surface area contributed by atoms with Gasteiger partial charge in [0.25, 0.3) is 0 Å².